The zero-order chi connectivity index (χ0) is 12.6. The second-order valence-corrected chi connectivity index (χ2v) is 4.25. The molecule has 1 aromatic rings. The topological polar surface area (TPSA) is 99.7 Å². The van der Waals surface area contributed by atoms with Crippen molar-refractivity contribution in [3.63, 3.8) is 0 Å². The molecule has 6 nitrogen and oxygen atoms in total. The van der Waals surface area contributed by atoms with Gasteiger partial charge in [0.25, 0.3) is 5.91 Å². The van der Waals surface area contributed by atoms with Gasteiger partial charge in [-0.15, -0.1) is 0 Å². The van der Waals surface area contributed by atoms with Gasteiger partial charge in [-0.05, 0) is 13.0 Å². The highest BCUT2D eigenvalue weighted by Crippen LogP contribution is 2.17. The number of nitrogens with zero attached hydrogens (tertiary/aromatic N) is 2. The van der Waals surface area contributed by atoms with Crippen molar-refractivity contribution < 1.29 is 15.0 Å². The maximum absolute atomic E-state index is 12.1. The smallest absolute Gasteiger partial charge is 0.255 e. The second-order valence-electron chi connectivity index (χ2n) is 4.25. The number of hydrogen-bond acceptors (Lipinski definition) is 5. The lowest BCUT2D eigenvalue weighted by molar-refractivity contribution is 0.0572. The van der Waals surface area contributed by atoms with E-state index in [4.69, 9.17) is 5.73 Å². The van der Waals surface area contributed by atoms with E-state index in [2.05, 4.69) is 4.98 Å². The van der Waals surface area contributed by atoms with Crippen molar-refractivity contribution in [2.75, 3.05) is 18.8 Å². The number of anilines is 1. The number of nitrogens with two attached hydrogens (primary N) is 1. The number of rotatable bonds is 1. The van der Waals surface area contributed by atoms with Crippen LogP contribution in [0.15, 0.2) is 12.3 Å². The number of nitrogen functional groups attached to an aromatic ring is 1. The van der Waals surface area contributed by atoms with Gasteiger partial charge in [0.15, 0.2) is 0 Å². The Labute approximate surface area is 98.7 Å². The highest BCUT2D eigenvalue weighted by Gasteiger charge is 2.33. The van der Waals surface area contributed by atoms with Crippen molar-refractivity contribution in [3.05, 3.63) is 23.5 Å². The molecule has 0 aromatic carbocycles. The Hall–Kier alpha value is -1.66. The number of aryl methyl sites for hydroxylation is 1. The summed E-state index contributed by atoms with van der Waals surface area (Å²) in [5.41, 5.74) is 6.99. The quantitative estimate of drug-likeness (QED) is 0.591. The van der Waals surface area contributed by atoms with Crippen LogP contribution in [-0.2, 0) is 0 Å². The molecule has 17 heavy (non-hydrogen) atoms. The zero-order valence-electron chi connectivity index (χ0n) is 9.50. The lowest BCUT2D eigenvalue weighted by Gasteiger charge is -2.16. The third kappa shape index (κ3) is 2.22. The van der Waals surface area contributed by atoms with E-state index >= 15 is 0 Å². The predicted octanol–water partition coefficient (Wildman–Crippen LogP) is -0.850. The Bertz CT molecular complexity index is 440. The molecule has 0 radical (unpaired) electrons. The van der Waals surface area contributed by atoms with Crippen LogP contribution >= 0.6 is 0 Å². The lowest BCUT2D eigenvalue weighted by atomic mass is 10.1. The summed E-state index contributed by atoms with van der Waals surface area (Å²) in [5, 5.41) is 18.8. The van der Waals surface area contributed by atoms with E-state index in [0.29, 0.717) is 16.9 Å². The number of aliphatic hydroxyl groups is 2. The normalized spacial score (nSPS) is 24.1. The van der Waals surface area contributed by atoms with Gasteiger partial charge in [0.1, 0.15) is 0 Å². The molecule has 6 heteroatoms. The number of carbonyl (C=O) groups excluding carboxylic acids is 1. The number of amides is 1. The molecule has 4 N–H and O–H groups in total. The molecule has 1 amide bonds. The minimum absolute atomic E-state index is 0.133. The molecule has 92 valence electrons. The third-order valence-corrected chi connectivity index (χ3v) is 2.88. The SMILES string of the molecule is Cc1ncc(N)cc1C(=O)N1CC(O)C(O)C1. The summed E-state index contributed by atoms with van der Waals surface area (Å²) >= 11 is 0. The van der Waals surface area contributed by atoms with Crippen LogP contribution < -0.4 is 5.73 Å². The van der Waals surface area contributed by atoms with E-state index in [9.17, 15) is 15.0 Å². The summed E-state index contributed by atoms with van der Waals surface area (Å²) in [6.45, 7) is 1.98. The van der Waals surface area contributed by atoms with Gasteiger partial charge in [0.2, 0.25) is 0 Å². The Balaban J connectivity index is 2.23. The van der Waals surface area contributed by atoms with Crippen molar-refractivity contribution in [2.24, 2.45) is 0 Å². The molecule has 0 aliphatic carbocycles. The van der Waals surface area contributed by atoms with Gasteiger partial charge in [-0.25, -0.2) is 0 Å². The maximum Gasteiger partial charge on any atom is 0.255 e. The Morgan fingerprint density at radius 3 is 2.65 bits per heavy atom. The van der Waals surface area contributed by atoms with Crippen LogP contribution in [0.25, 0.3) is 0 Å². The molecule has 1 aromatic heterocycles. The highest BCUT2D eigenvalue weighted by atomic mass is 16.3. The molecular formula is C11H15N3O3. The summed E-state index contributed by atoms with van der Waals surface area (Å²) in [6.07, 6.45) is -0.277. The van der Waals surface area contributed by atoms with Crippen LogP contribution in [0.3, 0.4) is 0 Å². The Morgan fingerprint density at radius 2 is 2.06 bits per heavy atom. The molecule has 2 rings (SSSR count). The van der Waals surface area contributed by atoms with Crippen LogP contribution in [0.4, 0.5) is 5.69 Å². The van der Waals surface area contributed by atoms with Crippen molar-refractivity contribution in [1.29, 1.82) is 0 Å². The van der Waals surface area contributed by atoms with Crippen molar-refractivity contribution in [2.45, 2.75) is 19.1 Å². The first-order chi connectivity index (χ1) is 7.99. The average Bonchev–Trinajstić information content (AvgIpc) is 2.62. The number of aliphatic hydroxyl groups excluding tert-OH is 2. The number of likely N-dealkylation sites (tertiary alicyclic amines) is 1. The summed E-state index contributed by atoms with van der Waals surface area (Å²) in [5.74, 6) is -0.266. The molecular weight excluding hydrogens is 222 g/mol. The summed E-state index contributed by atoms with van der Waals surface area (Å²) in [6, 6.07) is 1.56. The second kappa shape index (κ2) is 4.31. The van der Waals surface area contributed by atoms with E-state index in [-0.39, 0.29) is 19.0 Å². The highest BCUT2D eigenvalue weighted by molar-refractivity contribution is 5.96. The number of carbonyl (C=O) groups is 1. The molecule has 1 fully saturated rings. The first-order valence-corrected chi connectivity index (χ1v) is 5.36. The Morgan fingerprint density at radius 1 is 1.47 bits per heavy atom. The van der Waals surface area contributed by atoms with E-state index in [1.54, 1.807) is 13.0 Å². The minimum atomic E-state index is -0.881. The van der Waals surface area contributed by atoms with Crippen LogP contribution in [-0.4, -0.2) is 51.3 Å². The van der Waals surface area contributed by atoms with Crippen LogP contribution in [0.1, 0.15) is 16.1 Å². The lowest BCUT2D eigenvalue weighted by Crippen LogP contribution is -2.30. The van der Waals surface area contributed by atoms with Gasteiger partial charge in [-0.3, -0.25) is 9.78 Å². The monoisotopic (exact) mass is 237 g/mol. The minimum Gasteiger partial charge on any atom is -0.397 e. The van der Waals surface area contributed by atoms with Crippen LogP contribution in [0.5, 0.6) is 0 Å². The largest absolute Gasteiger partial charge is 0.397 e. The molecule has 0 saturated carbocycles. The molecule has 1 saturated heterocycles. The molecule has 2 atom stereocenters. The molecule has 2 heterocycles. The van der Waals surface area contributed by atoms with E-state index in [1.807, 2.05) is 0 Å². The number of aromatic nitrogens is 1. The molecule has 0 spiro atoms. The fourth-order valence-corrected chi connectivity index (χ4v) is 1.87. The fourth-order valence-electron chi connectivity index (χ4n) is 1.87. The number of β-amino-alcohol motifs (C(OH)–C–C–N with tert-alkyl or cyclic N) is 2. The standard InChI is InChI=1S/C11H15N3O3/c1-6-8(2-7(12)3-13-6)11(17)14-4-9(15)10(16)5-14/h2-3,9-10,15-16H,4-5,12H2,1H3. The molecule has 1 aliphatic heterocycles. The molecule has 1 aliphatic rings. The zero-order valence-corrected chi connectivity index (χ0v) is 9.50. The van der Waals surface area contributed by atoms with Crippen LogP contribution in [0.2, 0.25) is 0 Å². The summed E-state index contributed by atoms with van der Waals surface area (Å²) < 4.78 is 0. The van der Waals surface area contributed by atoms with E-state index in [0.717, 1.165) is 0 Å². The summed E-state index contributed by atoms with van der Waals surface area (Å²) in [7, 11) is 0. The van der Waals surface area contributed by atoms with Crippen molar-refractivity contribution in [3.8, 4) is 0 Å². The van der Waals surface area contributed by atoms with Gasteiger partial charge in [-0.1, -0.05) is 0 Å². The Kier molecular flexibility index (Phi) is 2.99. The predicted molar refractivity (Wildman–Crippen MR) is 61.3 cm³/mol. The molecule has 2 unspecified atom stereocenters. The van der Waals surface area contributed by atoms with Gasteiger partial charge in [-0.2, -0.15) is 0 Å². The van der Waals surface area contributed by atoms with Gasteiger partial charge in [0, 0.05) is 13.1 Å². The molecule has 0 bridgehead atoms. The first-order valence-electron chi connectivity index (χ1n) is 5.36. The van der Waals surface area contributed by atoms with Gasteiger partial charge in [0.05, 0.1) is 35.3 Å². The van der Waals surface area contributed by atoms with Gasteiger partial charge < -0.3 is 20.8 Å². The maximum atomic E-state index is 12.1. The van der Waals surface area contributed by atoms with Crippen molar-refractivity contribution in [1.82, 2.24) is 9.88 Å². The fraction of sp³-hybridized carbons (Fsp3) is 0.455. The summed E-state index contributed by atoms with van der Waals surface area (Å²) in [4.78, 5) is 17.5. The third-order valence-electron chi connectivity index (χ3n) is 2.88. The number of pyridine rings is 1. The number of hydrogen-bond donors (Lipinski definition) is 3. The van der Waals surface area contributed by atoms with E-state index < -0.39 is 12.2 Å². The average molecular weight is 237 g/mol. The van der Waals surface area contributed by atoms with E-state index in [1.165, 1.54) is 11.1 Å². The van der Waals surface area contributed by atoms with Crippen LogP contribution in [0, 0.1) is 6.92 Å². The van der Waals surface area contributed by atoms with Gasteiger partial charge >= 0.3 is 0 Å². The first kappa shape index (κ1) is 11.8. The van der Waals surface area contributed by atoms with Crippen molar-refractivity contribution >= 4 is 11.6 Å².